The van der Waals surface area contributed by atoms with Crippen molar-refractivity contribution < 1.29 is 19.1 Å². The first-order valence-electron chi connectivity index (χ1n) is 8.24. The molecule has 8 heteroatoms. The average Bonchev–Trinajstić information content (AvgIpc) is 3.09. The van der Waals surface area contributed by atoms with Crippen LogP contribution in [0, 0.1) is 0 Å². The number of imide groups is 1. The van der Waals surface area contributed by atoms with E-state index in [0.717, 1.165) is 25.1 Å². The third kappa shape index (κ3) is 5.46. The molecule has 0 saturated carbocycles. The number of likely N-dealkylation sites (tertiary alicyclic amines) is 1. The first-order chi connectivity index (χ1) is 12.0. The van der Waals surface area contributed by atoms with Crippen LogP contribution in [0.3, 0.4) is 0 Å². The molecule has 1 fully saturated rings. The second-order valence-corrected chi connectivity index (χ2v) is 5.79. The van der Waals surface area contributed by atoms with Crippen LogP contribution in [0.15, 0.2) is 24.3 Å². The van der Waals surface area contributed by atoms with Gasteiger partial charge in [-0.15, -0.1) is 0 Å². The summed E-state index contributed by atoms with van der Waals surface area (Å²) in [5.41, 5.74) is 0.704. The Hall–Kier alpha value is -2.61. The summed E-state index contributed by atoms with van der Waals surface area (Å²) in [6.07, 6.45) is 1.82. The maximum atomic E-state index is 12.5. The normalized spacial score (nSPS) is 17.0. The minimum Gasteiger partial charge on any atom is -0.497 e. The number of methoxy groups -OCH3 is 1. The topological polar surface area (TPSA) is 99.8 Å². The number of amides is 4. The molecular formula is C17H24N4O4. The van der Waals surface area contributed by atoms with Gasteiger partial charge in [-0.05, 0) is 43.7 Å². The number of nitrogens with one attached hydrogen (secondary N) is 3. The fourth-order valence-electron chi connectivity index (χ4n) is 2.79. The van der Waals surface area contributed by atoms with E-state index in [0.29, 0.717) is 12.2 Å². The summed E-state index contributed by atoms with van der Waals surface area (Å²) in [5.74, 6) is 0.276. The van der Waals surface area contributed by atoms with E-state index in [1.54, 1.807) is 31.4 Å². The molecule has 1 aromatic carbocycles. The zero-order valence-electron chi connectivity index (χ0n) is 14.5. The average molecular weight is 348 g/mol. The predicted octanol–water partition coefficient (Wildman–Crippen LogP) is 0.944. The van der Waals surface area contributed by atoms with Gasteiger partial charge in [0, 0.05) is 25.7 Å². The molecule has 1 aliphatic heterocycles. The Balaban J connectivity index is 1.85. The lowest BCUT2D eigenvalue weighted by Gasteiger charge is -2.23. The molecular weight excluding hydrogens is 324 g/mol. The van der Waals surface area contributed by atoms with Gasteiger partial charge >= 0.3 is 6.03 Å². The molecule has 3 N–H and O–H groups in total. The largest absolute Gasteiger partial charge is 0.497 e. The van der Waals surface area contributed by atoms with Gasteiger partial charge in [-0.2, -0.15) is 0 Å². The Kier molecular flexibility index (Phi) is 6.76. The smallest absolute Gasteiger partial charge is 0.321 e. The maximum Gasteiger partial charge on any atom is 0.321 e. The number of hydrogen-bond acceptors (Lipinski definition) is 5. The second kappa shape index (κ2) is 9.03. The third-order valence-electron chi connectivity index (χ3n) is 4.13. The van der Waals surface area contributed by atoms with E-state index in [4.69, 9.17) is 4.74 Å². The molecule has 0 unspecified atom stereocenters. The first kappa shape index (κ1) is 18.7. The predicted molar refractivity (Wildman–Crippen MR) is 93.4 cm³/mol. The van der Waals surface area contributed by atoms with Crippen molar-refractivity contribution in [2.75, 3.05) is 32.6 Å². The van der Waals surface area contributed by atoms with Gasteiger partial charge in [0.1, 0.15) is 5.75 Å². The molecule has 1 atom stereocenters. The summed E-state index contributed by atoms with van der Waals surface area (Å²) in [6.45, 7) is 1.19. The molecule has 1 heterocycles. The fraction of sp³-hybridized carbons (Fsp3) is 0.471. The van der Waals surface area contributed by atoms with E-state index < -0.39 is 6.03 Å². The van der Waals surface area contributed by atoms with E-state index in [2.05, 4.69) is 16.0 Å². The van der Waals surface area contributed by atoms with Crippen molar-refractivity contribution in [1.29, 1.82) is 0 Å². The van der Waals surface area contributed by atoms with Crippen LogP contribution in [0.4, 0.5) is 10.5 Å². The highest BCUT2D eigenvalue weighted by atomic mass is 16.5. The maximum absolute atomic E-state index is 12.5. The zero-order chi connectivity index (χ0) is 18.2. The van der Waals surface area contributed by atoms with Gasteiger partial charge in [0.15, 0.2) is 0 Å². The van der Waals surface area contributed by atoms with Crippen molar-refractivity contribution in [3.05, 3.63) is 24.3 Å². The number of urea groups is 1. The van der Waals surface area contributed by atoms with Gasteiger partial charge < -0.3 is 15.4 Å². The third-order valence-corrected chi connectivity index (χ3v) is 4.13. The van der Waals surface area contributed by atoms with Crippen molar-refractivity contribution in [1.82, 2.24) is 15.5 Å². The van der Waals surface area contributed by atoms with E-state index in [9.17, 15) is 14.4 Å². The summed E-state index contributed by atoms with van der Waals surface area (Å²) >= 11 is 0. The molecule has 0 spiro atoms. The van der Waals surface area contributed by atoms with Crippen LogP contribution in [-0.2, 0) is 9.59 Å². The van der Waals surface area contributed by atoms with Gasteiger partial charge in [0.25, 0.3) is 0 Å². The van der Waals surface area contributed by atoms with Crippen LogP contribution in [0.5, 0.6) is 5.75 Å². The number of nitrogens with zero attached hydrogens (tertiary/aromatic N) is 1. The van der Waals surface area contributed by atoms with Crippen molar-refractivity contribution in [3.63, 3.8) is 0 Å². The number of carbonyl (C=O) groups excluding carboxylic acids is 3. The highest BCUT2D eigenvalue weighted by molar-refractivity contribution is 5.95. The van der Waals surface area contributed by atoms with E-state index in [1.165, 1.54) is 7.05 Å². The monoisotopic (exact) mass is 348 g/mol. The number of ether oxygens (including phenoxy) is 1. The van der Waals surface area contributed by atoms with Gasteiger partial charge in [-0.3, -0.25) is 19.8 Å². The Labute approximate surface area is 146 Å². The number of anilines is 1. The van der Waals surface area contributed by atoms with Crippen molar-refractivity contribution in [2.24, 2.45) is 0 Å². The fourth-order valence-corrected chi connectivity index (χ4v) is 2.79. The molecule has 1 aromatic rings. The summed E-state index contributed by atoms with van der Waals surface area (Å²) in [7, 11) is 3.03. The van der Waals surface area contributed by atoms with Gasteiger partial charge in [0.05, 0.1) is 13.2 Å². The summed E-state index contributed by atoms with van der Waals surface area (Å²) < 4.78 is 5.09. The van der Waals surface area contributed by atoms with E-state index in [1.807, 2.05) is 4.90 Å². The molecule has 0 bridgehead atoms. The molecule has 8 nitrogen and oxygen atoms in total. The Morgan fingerprint density at radius 1 is 1.24 bits per heavy atom. The highest BCUT2D eigenvalue weighted by Gasteiger charge is 2.30. The van der Waals surface area contributed by atoms with Crippen LogP contribution >= 0.6 is 0 Å². The standard InChI is InChI=1S/C17H24N4O4/c1-18-17(24)20-15(22)9-11-21-10-3-4-14(21)16(23)19-12-5-7-13(25-2)8-6-12/h5-8,14H,3-4,9-11H2,1-2H3,(H,19,23)(H2,18,20,22,24)/t14-/m0/s1. The second-order valence-electron chi connectivity index (χ2n) is 5.79. The van der Waals surface area contributed by atoms with Crippen LogP contribution in [-0.4, -0.2) is 56.0 Å². The molecule has 2 rings (SSSR count). The van der Waals surface area contributed by atoms with E-state index in [-0.39, 0.29) is 24.3 Å². The lowest BCUT2D eigenvalue weighted by atomic mass is 10.2. The Morgan fingerprint density at radius 3 is 2.60 bits per heavy atom. The van der Waals surface area contributed by atoms with Crippen molar-refractivity contribution in [3.8, 4) is 5.75 Å². The summed E-state index contributed by atoms with van der Waals surface area (Å²) in [6, 6.07) is 6.34. The lowest BCUT2D eigenvalue weighted by Crippen LogP contribution is -2.43. The van der Waals surface area contributed by atoms with Gasteiger partial charge in [-0.25, -0.2) is 4.79 Å². The number of hydrogen-bond donors (Lipinski definition) is 3. The minimum atomic E-state index is -0.528. The van der Waals surface area contributed by atoms with Crippen molar-refractivity contribution >= 4 is 23.5 Å². The molecule has 0 radical (unpaired) electrons. The number of benzene rings is 1. The summed E-state index contributed by atoms with van der Waals surface area (Å²) in [4.78, 5) is 37.3. The molecule has 25 heavy (non-hydrogen) atoms. The summed E-state index contributed by atoms with van der Waals surface area (Å²) in [5, 5.41) is 7.44. The Bertz CT molecular complexity index is 618. The molecule has 4 amide bonds. The zero-order valence-corrected chi connectivity index (χ0v) is 14.5. The minimum absolute atomic E-state index is 0.0885. The molecule has 1 saturated heterocycles. The molecule has 136 valence electrons. The van der Waals surface area contributed by atoms with Gasteiger partial charge in [0.2, 0.25) is 11.8 Å². The van der Waals surface area contributed by atoms with E-state index >= 15 is 0 Å². The van der Waals surface area contributed by atoms with Crippen LogP contribution in [0.1, 0.15) is 19.3 Å². The van der Waals surface area contributed by atoms with Gasteiger partial charge in [-0.1, -0.05) is 0 Å². The Morgan fingerprint density at radius 2 is 1.96 bits per heavy atom. The molecule has 0 aliphatic carbocycles. The molecule has 0 aromatic heterocycles. The molecule has 1 aliphatic rings. The van der Waals surface area contributed by atoms with Crippen molar-refractivity contribution in [2.45, 2.75) is 25.3 Å². The quantitative estimate of drug-likeness (QED) is 0.711. The van der Waals surface area contributed by atoms with Crippen LogP contribution < -0.4 is 20.7 Å². The van der Waals surface area contributed by atoms with Crippen LogP contribution in [0.2, 0.25) is 0 Å². The highest BCUT2D eigenvalue weighted by Crippen LogP contribution is 2.20. The number of carbonyl (C=O) groups is 3. The SMILES string of the molecule is CNC(=O)NC(=O)CCN1CCC[C@H]1C(=O)Nc1ccc(OC)cc1. The lowest BCUT2D eigenvalue weighted by molar-refractivity contribution is -0.123. The first-order valence-corrected chi connectivity index (χ1v) is 8.24. The number of rotatable bonds is 6. The van der Waals surface area contributed by atoms with Crippen LogP contribution in [0.25, 0.3) is 0 Å².